The standard InChI is InChI=1S/C12H24Cl2N2/c1-9(2,3)11(7,13)15-16-12(8,14)10(4,5)6/h1-8H3/b16-15+/t11-,12+. The molecule has 0 saturated heterocycles. The van der Waals surface area contributed by atoms with Crippen LogP contribution in [-0.4, -0.2) is 10.00 Å². The Morgan fingerprint density at radius 3 is 0.875 bits per heavy atom. The number of halogens is 2. The fourth-order valence-electron chi connectivity index (χ4n) is 0.488. The Balaban J connectivity index is 5.01. The molecule has 0 amide bonds. The molecule has 0 aromatic rings. The minimum Gasteiger partial charge on any atom is -0.169 e. The lowest BCUT2D eigenvalue weighted by Crippen LogP contribution is -2.35. The molecule has 0 rings (SSSR count). The van der Waals surface area contributed by atoms with Crippen LogP contribution in [0.5, 0.6) is 0 Å². The van der Waals surface area contributed by atoms with Gasteiger partial charge in [-0.15, -0.1) is 0 Å². The third kappa shape index (κ3) is 3.89. The number of rotatable bonds is 2. The van der Waals surface area contributed by atoms with Crippen molar-refractivity contribution in [2.75, 3.05) is 0 Å². The third-order valence-electron chi connectivity index (χ3n) is 3.16. The van der Waals surface area contributed by atoms with Crippen molar-refractivity contribution in [3.05, 3.63) is 0 Å². The van der Waals surface area contributed by atoms with E-state index in [2.05, 4.69) is 10.2 Å². The Morgan fingerprint density at radius 1 is 0.562 bits per heavy atom. The lowest BCUT2D eigenvalue weighted by molar-refractivity contribution is 0.252. The number of alkyl halides is 2. The Kier molecular flexibility index (Phi) is 4.50. The minimum absolute atomic E-state index is 0.164. The van der Waals surface area contributed by atoms with Gasteiger partial charge < -0.3 is 0 Å². The highest BCUT2D eigenvalue weighted by Gasteiger charge is 2.39. The molecule has 0 aromatic carbocycles. The molecule has 0 N–H and O–H groups in total. The second-order valence-corrected chi connectivity index (χ2v) is 8.08. The van der Waals surface area contributed by atoms with Crippen LogP contribution in [0.15, 0.2) is 10.2 Å². The van der Waals surface area contributed by atoms with E-state index in [1.54, 1.807) is 0 Å². The van der Waals surface area contributed by atoms with E-state index in [-0.39, 0.29) is 10.8 Å². The van der Waals surface area contributed by atoms with E-state index in [0.29, 0.717) is 0 Å². The molecule has 0 bridgehead atoms. The first-order chi connectivity index (χ1) is 6.71. The number of azo groups is 1. The first-order valence-corrected chi connectivity index (χ1v) is 6.28. The molecule has 0 radical (unpaired) electrons. The van der Waals surface area contributed by atoms with Gasteiger partial charge in [0.1, 0.15) is 0 Å². The van der Waals surface area contributed by atoms with E-state index in [4.69, 9.17) is 23.2 Å². The van der Waals surface area contributed by atoms with Crippen molar-refractivity contribution < 1.29 is 0 Å². The van der Waals surface area contributed by atoms with E-state index in [9.17, 15) is 0 Å². The first kappa shape index (κ1) is 16.2. The van der Waals surface area contributed by atoms with Crippen molar-refractivity contribution >= 4 is 23.2 Å². The second-order valence-electron chi connectivity index (χ2n) is 6.61. The summed E-state index contributed by atoms with van der Waals surface area (Å²) in [6.07, 6.45) is 0. The van der Waals surface area contributed by atoms with Crippen molar-refractivity contribution in [3.63, 3.8) is 0 Å². The maximum atomic E-state index is 6.35. The van der Waals surface area contributed by atoms with Gasteiger partial charge in [-0.1, -0.05) is 64.7 Å². The highest BCUT2D eigenvalue weighted by Crippen LogP contribution is 2.42. The number of hydrogen-bond donors (Lipinski definition) is 0. The predicted molar refractivity (Wildman–Crippen MR) is 72.3 cm³/mol. The van der Waals surface area contributed by atoms with Gasteiger partial charge in [-0.3, -0.25) is 0 Å². The highest BCUT2D eigenvalue weighted by atomic mass is 35.5. The van der Waals surface area contributed by atoms with Gasteiger partial charge in [-0.25, -0.2) is 0 Å². The first-order valence-electron chi connectivity index (χ1n) is 5.53. The van der Waals surface area contributed by atoms with Crippen LogP contribution in [-0.2, 0) is 0 Å². The quantitative estimate of drug-likeness (QED) is 0.361. The van der Waals surface area contributed by atoms with E-state index in [1.165, 1.54) is 0 Å². The Bertz CT molecular complexity index is 240. The van der Waals surface area contributed by atoms with Gasteiger partial charge in [0.05, 0.1) is 0 Å². The van der Waals surface area contributed by atoms with Crippen LogP contribution in [0.2, 0.25) is 0 Å². The normalized spacial score (nSPS) is 21.9. The molecule has 0 aliphatic carbocycles. The zero-order chi connectivity index (χ0) is 13.4. The highest BCUT2D eigenvalue weighted by molar-refractivity contribution is 6.24. The fourth-order valence-corrected chi connectivity index (χ4v) is 0.563. The Hall–Kier alpha value is 0.180. The Labute approximate surface area is 110 Å². The van der Waals surface area contributed by atoms with Crippen LogP contribution in [0, 0.1) is 10.8 Å². The molecule has 0 spiro atoms. The maximum Gasteiger partial charge on any atom is 0.156 e. The van der Waals surface area contributed by atoms with Gasteiger partial charge in [0.15, 0.2) is 10.00 Å². The number of nitrogens with zero attached hydrogens (tertiary/aromatic N) is 2. The van der Waals surface area contributed by atoms with Crippen LogP contribution in [0.25, 0.3) is 0 Å². The predicted octanol–water partition coefficient (Wildman–Crippen LogP) is 5.44. The maximum absolute atomic E-state index is 6.35. The average Bonchev–Trinajstić information content (AvgIpc) is 1.97. The smallest absolute Gasteiger partial charge is 0.156 e. The summed E-state index contributed by atoms with van der Waals surface area (Å²) in [7, 11) is 0. The SMILES string of the molecule is CC(C)(C)[C@@](C)(Cl)/N=N/[C@@](C)(Cl)C(C)(C)C. The summed E-state index contributed by atoms with van der Waals surface area (Å²) in [6, 6.07) is 0. The van der Waals surface area contributed by atoms with Gasteiger partial charge >= 0.3 is 0 Å². The van der Waals surface area contributed by atoms with E-state index in [1.807, 2.05) is 55.4 Å². The van der Waals surface area contributed by atoms with Crippen LogP contribution >= 0.6 is 23.2 Å². The summed E-state index contributed by atoms with van der Waals surface area (Å²) in [5, 5.41) is 8.45. The molecule has 0 aliphatic rings. The molecular formula is C12H24Cl2N2. The fraction of sp³-hybridized carbons (Fsp3) is 1.00. The van der Waals surface area contributed by atoms with Gasteiger partial charge in [0.25, 0.3) is 0 Å². The van der Waals surface area contributed by atoms with E-state index in [0.717, 1.165) is 0 Å². The molecule has 2 nitrogen and oxygen atoms in total. The lowest BCUT2D eigenvalue weighted by atomic mass is 9.87. The molecule has 0 fully saturated rings. The average molecular weight is 267 g/mol. The van der Waals surface area contributed by atoms with Crippen LogP contribution < -0.4 is 0 Å². The molecule has 0 unspecified atom stereocenters. The van der Waals surface area contributed by atoms with Crippen molar-refractivity contribution in [3.8, 4) is 0 Å². The molecule has 2 atom stereocenters. The molecule has 96 valence electrons. The summed E-state index contributed by atoms with van der Waals surface area (Å²) < 4.78 is 0. The van der Waals surface area contributed by atoms with Gasteiger partial charge in [0.2, 0.25) is 0 Å². The molecule has 0 heterocycles. The van der Waals surface area contributed by atoms with Crippen LogP contribution in [0.4, 0.5) is 0 Å². The monoisotopic (exact) mass is 266 g/mol. The molecule has 0 saturated carbocycles. The molecule has 4 heteroatoms. The molecule has 0 aromatic heterocycles. The van der Waals surface area contributed by atoms with Gasteiger partial charge in [-0.05, 0) is 13.8 Å². The van der Waals surface area contributed by atoms with E-state index < -0.39 is 10.00 Å². The zero-order valence-corrected chi connectivity index (χ0v) is 13.2. The number of hydrogen-bond acceptors (Lipinski definition) is 2. The second kappa shape index (κ2) is 4.45. The zero-order valence-electron chi connectivity index (χ0n) is 11.7. The van der Waals surface area contributed by atoms with Crippen molar-refractivity contribution in [1.29, 1.82) is 0 Å². The summed E-state index contributed by atoms with van der Waals surface area (Å²) in [5.74, 6) is 0. The van der Waals surface area contributed by atoms with Gasteiger partial charge in [-0.2, -0.15) is 10.2 Å². The molecule has 0 aliphatic heterocycles. The summed E-state index contributed by atoms with van der Waals surface area (Å²) in [6.45, 7) is 15.9. The van der Waals surface area contributed by atoms with Crippen LogP contribution in [0.1, 0.15) is 55.4 Å². The summed E-state index contributed by atoms with van der Waals surface area (Å²) in [5.41, 5.74) is -0.328. The third-order valence-corrected chi connectivity index (χ3v) is 4.45. The topological polar surface area (TPSA) is 24.7 Å². The lowest BCUT2D eigenvalue weighted by Gasteiger charge is -2.35. The van der Waals surface area contributed by atoms with E-state index >= 15 is 0 Å². The largest absolute Gasteiger partial charge is 0.169 e. The van der Waals surface area contributed by atoms with Gasteiger partial charge in [0, 0.05) is 10.8 Å². The summed E-state index contributed by atoms with van der Waals surface area (Å²) in [4.78, 5) is -1.48. The van der Waals surface area contributed by atoms with Crippen molar-refractivity contribution in [2.24, 2.45) is 21.1 Å². The molecular weight excluding hydrogens is 243 g/mol. The minimum atomic E-state index is -0.742. The summed E-state index contributed by atoms with van der Waals surface area (Å²) >= 11 is 12.7. The molecule has 16 heavy (non-hydrogen) atoms. The van der Waals surface area contributed by atoms with Crippen LogP contribution in [0.3, 0.4) is 0 Å². The van der Waals surface area contributed by atoms with Crippen molar-refractivity contribution in [2.45, 2.75) is 65.4 Å². The van der Waals surface area contributed by atoms with Crippen molar-refractivity contribution in [1.82, 2.24) is 0 Å². The Morgan fingerprint density at radius 2 is 0.750 bits per heavy atom.